The quantitative estimate of drug-likeness (QED) is 0.531. The Morgan fingerprint density at radius 1 is 0.824 bits per heavy atom. The summed E-state index contributed by atoms with van der Waals surface area (Å²) in [5.74, 6) is 0. The molecule has 1 aliphatic heterocycles. The molecule has 0 amide bonds. The van der Waals surface area contributed by atoms with E-state index >= 15 is 0 Å². The molecule has 5 nitrogen and oxygen atoms in total. The van der Waals surface area contributed by atoms with Crippen molar-refractivity contribution in [2.45, 2.75) is 0 Å². The molecule has 0 spiro atoms. The Morgan fingerprint density at radius 3 is 2.06 bits per heavy atom. The first-order valence-electron chi connectivity index (χ1n) is 6.38. The SMILES string of the molecule is COCCOCCOCCN1CCN(C)CC1. The van der Waals surface area contributed by atoms with E-state index in [1.54, 1.807) is 7.11 Å². The topological polar surface area (TPSA) is 34.2 Å². The zero-order chi connectivity index (χ0) is 12.3. The molecule has 0 unspecified atom stereocenters. The zero-order valence-corrected chi connectivity index (χ0v) is 11.2. The van der Waals surface area contributed by atoms with Crippen LogP contribution in [0.1, 0.15) is 0 Å². The average Bonchev–Trinajstić information content (AvgIpc) is 2.35. The van der Waals surface area contributed by atoms with Crippen LogP contribution in [0.15, 0.2) is 0 Å². The van der Waals surface area contributed by atoms with Crippen LogP contribution in [-0.2, 0) is 14.2 Å². The highest BCUT2D eigenvalue weighted by molar-refractivity contribution is 4.68. The lowest BCUT2D eigenvalue weighted by atomic mass is 10.3. The molecule has 0 bridgehead atoms. The molecule has 0 atom stereocenters. The highest BCUT2D eigenvalue weighted by Crippen LogP contribution is 1.98. The molecule has 1 saturated heterocycles. The van der Waals surface area contributed by atoms with Crippen LogP contribution >= 0.6 is 0 Å². The van der Waals surface area contributed by atoms with E-state index in [4.69, 9.17) is 14.2 Å². The molecular weight excluding hydrogens is 220 g/mol. The predicted octanol–water partition coefficient (Wildman–Crippen LogP) is -0.0866. The Labute approximate surface area is 105 Å². The van der Waals surface area contributed by atoms with E-state index in [9.17, 15) is 0 Å². The van der Waals surface area contributed by atoms with Crippen molar-refractivity contribution in [3.63, 3.8) is 0 Å². The number of nitrogens with zero attached hydrogens (tertiary/aromatic N) is 2. The maximum atomic E-state index is 5.52. The monoisotopic (exact) mass is 246 g/mol. The van der Waals surface area contributed by atoms with Gasteiger partial charge >= 0.3 is 0 Å². The number of ether oxygens (including phenoxy) is 3. The summed E-state index contributed by atoms with van der Waals surface area (Å²) in [7, 11) is 3.85. The molecule has 1 aliphatic rings. The van der Waals surface area contributed by atoms with Gasteiger partial charge in [0.1, 0.15) is 0 Å². The van der Waals surface area contributed by atoms with Crippen molar-refractivity contribution in [1.29, 1.82) is 0 Å². The van der Waals surface area contributed by atoms with E-state index < -0.39 is 0 Å². The van der Waals surface area contributed by atoms with E-state index in [1.165, 1.54) is 13.1 Å². The molecule has 1 fully saturated rings. The van der Waals surface area contributed by atoms with Gasteiger partial charge in [-0.1, -0.05) is 0 Å². The highest BCUT2D eigenvalue weighted by atomic mass is 16.5. The first-order valence-corrected chi connectivity index (χ1v) is 6.38. The molecule has 0 aliphatic carbocycles. The van der Waals surface area contributed by atoms with Crippen molar-refractivity contribution >= 4 is 0 Å². The van der Waals surface area contributed by atoms with Crippen molar-refractivity contribution in [1.82, 2.24) is 9.80 Å². The van der Waals surface area contributed by atoms with Crippen LogP contribution in [0, 0.1) is 0 Å². The highest BCUT2D eigenvalue weighted by Gasteiger charge is 2.12. The van der Waals surface area contributed by atoms with Crippen molar-refractivity contribution in [3.05, 3.63) is 0 Å². The van der Waals surface area contributed by atoms with Gasteiger partial charge in [-0.15, -0.1) is 0 Å². The summed E-state index contributed by atoms with van der Waals surface area (Å²) < 4.78 is 15.7. The van der Waals surface area contributed by atoms with Gasteiger partial charge in [0, 0.05) is 39.8 Å². The maximum absolute atomic E-state index is 5.52. The minimum absolute atomic E-state index is 0.651. The third kappa shape index (κ3) is 7.68. The fourth-order valence-electron chi connectivity index (χ4n) is 1.73. The second kappa shape index (κ2) is 9.79. The second-order valence-corrected chi connectivity index (χ2v) is 4.36. The standard InChI is InChI=1S/C12H26N2O3/c1-13-3-5-14(6-4-13)7-8-16-11-12-17-10-9-15-2/h3-12H2,1-2H3. The molecule has 0 N–H and O–H groups in total. The molecule has 0 radical (unpaired) electrons. The van der Waals surface area contributed by atoms with Crippen LogP contribution in [-0.4, -0.2) is 89.7 Å². The predicted molar refractivity (Wildman–Crippen MR) is 67.5 cm³/mol. The molecule has 1 heterocycles. The van der Waals surface area contributed by atoms with Gasteiger partial charge in [-0.25, -0.2) is 0 Å². The van der Waals surface area contributed by atoms with Crippen LogP contribution in [0.4, 0.5) is 0 Å². The van der Waals surface area contributed by atoms with Gasteiger partial charge in [0.15, 0.2) is 0 Å². The fourth-order valence-corrected chi connectivity index (χ4v) is 1.73. The number of likely N-dealkylation sites (N-methyl/N-ethyl adjacent to an activating group) is 1. The number of methoxy groups -OCH3 is 1. The number of hydrogen-bond donors (Lipinski definition) is 0. The van der Waals surface area contributed by atoms with Gasteiger partial charge in [-0.3, -0.25) is 4.90 Å². The summed E-state index contributed by atoms with van der Waals surface area (Å²) in [6.45, 7) is 9.13. The minimum atomic E-state index is 0.651. The molecule has 0 aromatic heterocycles. The Balaban J connectivity index is 1.81. The van der Waals surface area contributed by atoms with Crippen molar-refractivity contribution in [3.8, 4) is 0 Å². The number of rotatable bonds is 9. The summed E-state index contributed by atoms with van der Waals surface area (Å²) >= 11 is 0. The summed E-state index contributed by atoms with van der Waals surface area (Å²) in [6, 6.07) is 0. The van der Waals surface area contributed by atoms with E-state index in [1.807, 2.05) is 0 Å². The Morgan fingerprint density at radius 2 is 1.41 bits per heavy atom. The molecule has 102 valence electrons. The molecule has 0 aromatic rings. The largest absolute Gasteiger partial charge is 0.382 e. The average molecular weight is 246 g/mol. The van der Waals surface area contributed by atoms with Gasteiger partial charge in [-0.2, -0.15) is 0 Å². The van der Waals surface area contributed by atoms with Crippen LogP contribution in [0.2, 0.25) is 0 Å². The van der Waals surface area contributed by atoms with Crippen LogP contribution in [0.5, 0.6) is 0 Å². The lowest BCUT2D eigenvalue weighted by molar-refractivity contribution is 0.0166. The third-order valence-electron chi connectivity index (χ3n) is 2.95. The second-order valence-electron chi connectivity index (χ2n) is 4.36. The fraction of sp³-hybridized carbons (Fsp3) is 1.00. The molecule has 5 heteroatoms. The van der Waals surface area contributed by atoms with Crippen LogP contribution in [0.25, 0.3) is 0 Å². The number of hydrogen-bond acceptors (Lipinski definition) is 5. The van der Waals surface area contributed by atoms with Crippen LogP contribution in [0.3, 0.4) is 0 Å². The molecule has 0 aromatic carbocycles. The molecular formula is C12H26N2O3. The normalized spacial score (nSPS) is 18.7. The molecule has 1 rings (SSSR count). The molecule has 0 saturated carbocycles. The van der Waals surface area contributed by atoms with Gasteiger partial charge < -0.3 is 19.1 Å². The van der Waals surface area contributed by atoms with Gasteiger partial charge in [0.25, 0.3) is 0 Å². The Kier molecular flexibility index (Phi) is 8.56. The van der Waals surface area contributed by atoms with Gasteiger partial charge in [0.2, 0.25) is 0 Å². The van der Waals surface area contributed by atoms with E-state index in [0.717, 1.165) is 26.2 Å². The first kappa shape index (κ1) is 14.9. The van der Waals surface area contributed by atoms with Crippen molar-refractivity contribution in [2.24, 2.45) is 0 Å². The summed E-state index contributed by atoms with van der Waals surface area (Å²) in [6.07, 6.45) is 0. The maximum Gasteiger partial charge on any atom is 0.0701 e. The summed E-state index contributed by atoms with van der Waals surface area (Å²) in [4.78, 5) is 4.81. The minimum Gasteiger partial charge on any atom is -0.382 e. The van der Waals surface area contributed by atoms with Gasteiger partial charge in [-0.05, 0) is 7.05 Å². The van der Waals surface area contributed by atoms with E-state index in [-0.39, 0.29) is 0 Å². The Hall–Kier alpha value is -0.200. The van der Waals surface area contributed by atoms with Crippen molar-refractivity contribution in [2.75, 3.05) is 79.9 Å². The van der Waals surface area contributed by atoms with E-state index in [2.05, 4.69) is 16.8 Å². The molecule has 17 heavy (non-hydrogen) atoms. The number of piperazine rings is 1. The lowest BCUT2D eigenvalue weighted by Crippen LogP contribution is -2.45. The summed E-state index contributed by atoms with van der Waals surface area (Å²) in [5, 5.41) is 0. The van der Waals surface area contributed by atoms with Crippen molar-refractivity contribution < 1.29 is 14.2 Å². The van der Waals surface area contributed by atoms with Crippen LogP contribution < -0.4 is 0 Å². The smallest absolute Gasteiger partial charge is 0.0701 e. The lowest BCUT2D eigenvalue weighted by Gasteiger charge is -2.32. The summed E-state index contributed by atoms with van der Waals surface area (Å²) in [5.41, 5.74) is 0. The van der Waals surface area contributed by atoms with E-state index in [0.29, 0.717) is 26.4 Å². The zero-order valence-electron chi connectivity index (χ0n) is 11.2. The first-order chi connectivity index (χ1) is 8.33. The van der Waals surface area contributed by atoms with Gasteiger partial charge in [0.05, 0.1) is 33.0 Å². The third-order valence-corrected chi connectivity index (χ3v) is 2.95. The Bertz CT molecular complexity index is 173.